The zero-order chi connectivity index (χ0) is 24.4. The second kappa shape index (κ2) is 9.38. The summed E-state index contributed by atoms with van der Waals surface area (Å²) >= 11 is 0. The highest BCUT2D eigenvalue weighted by Gasteiger charge is 2.41. The standard InChI is InChI=1S/C21H22F3N3O5S/c1-3-10-26(16-9-11-33(30,31)13-16)19(28)14-5-7-15(8-6-14)27-18(21(22,23)24)17(12-25-27)20(29)32-4-2/h3,5-8,12,16H,1,4,9-11,13H2,2H3. The lowest BCUT2D eigenvalue weighted by Gasteiger charge is -2.27. The van der Waals surface area contributed by atoms with Crippen molar-refractivity contribution in [3.8, 4) is 5.69 Å². The molecule has 0 spiro atoms. The zero-order valence-electron chi connectivity index (χ0n) is 17.7. The third kappa shape index (κ3) is 5.27. The third-order valence-electron chi connectivity index (χ3n) is 5.13. The molecule has 1 aliphatic heterocycles. The molecule has 0 bridgehead atoms. The Balaban J connectivity index is 1.92. The highest BCUT2D eigenvalue weighted by atomic mass is 32.2. The number of carbonyl (C=O) groups excluding carboxylic acids is 2. The minimum Gasteiger partial charge on any atom is -0.462 e. The van der Waals surface area contributed by atoms with Crippen molar-refractivity contribution in [2.75, 3.05) is 24.7 Å². The van der Waals surface area contributed by atoms with Gasteiger partial charge in [0.2, 0.25) is 0 Å². The monoisotopic (exact) mass is 485 g/mol. The highest BCUT2D eigenvalue weighted by molar-refractivity contribution is 7.91. The molecule has 1 fully saturated rings. The van der Waals surface area contributed by atoms with E-state index in [1.165, 1.54) is 42.2 Å². The summed E-state index contributed by atoms with van der Waals surface area (Å²) in [6, 6.07) is 4.67. The van der Waals surface area contributed by atoms with Crippen LogP contribution in [0.3, 0.4) is 0 Å². The van der Waals surface area contributed by atoms with Crippen molar-refractivity contribution in [2.24, 2.45) is 0 Å². The van der Waals surface area contributed by atoms with E-state index in [1.807, 2.05) is 0 Å². The van der Waals surface area contributed by atoms with Crippen LogP contribution in [0.15, 0.2) is 43.1 Å². The van der Waals surface area contributed by atoms with E-state index in [4.69, 9.17) is 0 Å². The van der Waals surface area contributed by atoms with E-state index in [1.54, 1.807) is 0 Å². The van der Waals surface area contributed by atoms with E-state index in [0.29, 0.717) is 11.1 Å². The lowest BCUT2D eigenvalue weighted by atomic mass is 10.1. The molecule has 1 aromatic carbocycles. The lowest BCUT2D eigenvalue weighted by Crippen LogP contribution is -2.41. The molecule has 0 aliphatic carbocycles. The Morgan fingerprint density at radius 3 is 2.48 bits per heavy atom. The van der Waals surface area contributed by atoms with E-state index in [-0.39, 0.29) is 35.9 Å². The Labute approximate surface area is 188 Å². The van der Waals surface area contributed by atoms with Gasteiger partial charge < -0.3 is 9.64 Å². The van der Waals surface area contributed by atoms with Crippen LogP contribution in [0.25, 0.3) is 5.69 Å². The Morgan fingerprint density at radius 2 is 1.97 bits per heavy atom. The number of rotatable bonds is 7. The molecule has 1 aromatic heterocycles. The average Bonchev–Trinajstić information content (AvgIpc) is 3.35. The fourth-order valence-corrected chi connectivity index (χ4v) is 5.38. The van der Waals surface area contributed by atoms with Crippen LogP contribution < -0.4 is 0 Å². The van der Waals surface area contributed by atoms with Gasteiger partial charge in [0.1, 0.15) is 5.56 Å². The molecule has 1 atom stereocenters. The predicted octanol–water partition coefficient (Wildman–Crippen LogP) is 2.88. The van der Waals surface area contributed by atoms with E-state index in [0.717, 1.165) is 6.20 Å². The fraction of sp³-hybridized carbons (Fsp3) is 0.381. The second-order valence-corrected chi connectivity index (χ2v) is 9.62. The SMILES string of the molecule is C=CCN(C(=O)c1ccc(-n2ncc(C(=O)OCC)c2C(F)(F)F)cc1)C1CCS(=O)(=O)C1. The number of alkyl halides is 3. The number of esters is 1. The molecule has 2 heterocycles. The smallest absolute Gasteiger partial charge is 0.434 e. The molecule has 1 saturated heterocycles. The summed E-state index contributed by atoms with van der Waals surface area (Å²) in [7, 11) is -3.23. The minimum atomic E-state index is -4.89. The van der Waals surface area contributed by atoms with E-state index in [2.05, 4.69) is 16.4 Å². The summed E-state index contributed by atoms with van der Waals surface area (Å²) in [6.07, 6.45) is -2.32. The number of benzene rings is 1. The molecule has 0 radical (unpaired) electrons. The van der Waals surface area contributed by atoms with Crippen LogP contribution in [-0.4, -0.2) is 65.7 Å². The quantitative estimate of drug-likeness (QED) is 0.442. The van der Waals surface area contributed by atoms with Gasteiger partial charge in [-0.15, -0.1) is 6.58 Å². The number of aromatic nitrogens is 2. The number of carbonyl (C=O) groups is 2. The fourth-order valence-electron chi connectivity index (χ4n) is 3.64. The van der Waals surface area contributed by atoms with Gasteiger partial charge in [0.25, 0.3) is 5.91 Å². The van der Waals surface area contributed by atoms with Crippen molar-refractivity contribution < 1.29 is 35.9 Å². The van der Waals surface area contributed by atoms with Crippen molar-refractivity contribution in [1.29, 1.82) is 0 Å². The van der Waals surface area contributed by atoms with Gasteiger partial charge in [-0.05, 0) is 37.6 Å². The van der Waals surface area contributed by atoms with Gasteiger partial charge in [-0.25, -0.2) is 17.9 Å². The number of hydrogen-bond acceptors (Lipinski definition) is 6. The normalized spacial score (nSPS) is 17.5. The van der Waals surface area contributed by atoms with Crippen molar-refractivity contribution in [1.82, 2.24) is 14.7 Å². The molecule has 33 heavy (non-hydrogen) atoms. The minimum absolute atomic E-state index is 0.0140. The van der Waals surface area contributed by atoms with Crippen LogP contribution in [0, 0.1) is 0 Å². The Morgan fingerprint density at radius 1 is 1.30 bits per heavy atom. The Hall–Kier alpha value is -3.15. The molecule has 178 valence electrons. The topological polar surface area (TPSA) is 98.6 Å². The Bertz CT molecular complexity index is 1160. The van der Waals surface area contributed by atoms with Gasteiger partial charge in [-0.2, -0.15) is 18.3 Å². The van der Waals surface area contributed by atoms with Crippen molar-refractivity contribution in [3.63, 3.8) is 0 Å². The number of ether oxygens (including phenoxy) is 1. The number of nitrogens with zero attached hydrogens (tertiary/aromatic N) is 3. The van der Waals surface area contributed by atoms with E-state index < -0.39 is 45.2 Å². The molecule has 8 nitrogen and oxygen atoms in total. The summed E-state index contributed by atoms with van der Waals surface area (Å²) < 4.78 is 69.9. The Kier molecular flexibility index (Phi) is 6.96. The van der Waals surface area contributed by atoms with Gasteiger partial charge in [-0.1, -0.05) is 6.08 Å². The maximum absolute atomic E-state index is 13.7. The average molecular weight is 485 g/mol. The lowest BCUT2D eigenvalue weighted by molar-refractivity contribution is -0.143. The maximum Gasteiger partial charge on any atom is 0.434 e. The van der Waals surface area contributed by atoms with Crippen LogP contribution in [0.1, 0.15) is 39.8 Å². The van der Waals surface area contributed by atoms with Gasteiger partial charge in [0.05, 0.1) is 30.0 Å². The first-order chi connectivity index (χ1) is 15.5. The maximum atomic E-state index is 13.7. The van der Waals surface area contributed by atoms with E-state index in [9.17, 15) is 31.2 Å². The number of halogens is 3. The van der Waals surface area contributed by atoms with E-state index >= 15 is 0 Å². The summed E-state index contributed by atoms with van der Waals surface area (Å²) in [5.41, 5.74) is -1.86. The molecule has 1 aliphatic rings. The number of hydrogen-bond donors (Lipinski definition) is 0. The molecular formula is C21H22F3N3O5S. The predicted molar refractivity (Wildman–Crippen MR) is 113 cm³/mol. The highest BCUT2D eigenvalue weighted by Crippen LogP contribution is 2.34. The third-order valence-corrected chi connectivity index (χ3v) is 6.88. The zero-order valence-corrected chi connectivity index (χ0v) is 18.5. The number of sulfone groups is 1. The molecular weight excluding hydrogens is 463 g/mol. The molecule has 1 amide bonds. The van der Waals surface area contributed by atoms with Gasteiger partial charge in [0, 0.05) is 18.2 Å². The molecule has 1 unspecified atom stereocenters. The van der Waals surface area contributed by atoms with Crippen LogP contribution in [0.2, 0.25) is 0 Å². The number of amides is 1. The van der Waals surface area contributed by atoms with Gasteiger partial charge in [0.15, 0.2) is 15.5 Å². The van der Waals surface area contributed by atoms with Gasteiger partial charge in [-0.3, -0.25) is 4.79 Å². The molecule has 0 N–H and O–H groups in total. The van der Waals surface area contributed by atoms with Crippen molar-refractivity contribution >= 4 is 21.7 Å². The van der Waals surface area contributed by atoms with Crippen LogP contribution in [0.4, 0.5) is 13.2 Å². The molecule has 3 rings (SSSR count). The first kappa shape index (κ1) is 24.5. The molecule has 0 saturated carbocycles. The summed E-state index contributed by atoms with van der Waals surface area (Å²) in [5.74, 6) is -1.77. The largest absolute Gasteiger partial charge is 0.462 e. The molecule has 12 heteroatoms. The van der Waals surface area contributed by atoms with Crippen LogP contribution in [-0.2, 0) is 20.8 Å². The van der Waals surface area contributed by atoms with Crippen LogP contribution in [0.5, 0.6) is 0 Å². The first-order valence-electron chi connectivity index (χ1n) is 10.0. The summed E-state index contributed by atoms with van der Waals surface area (Å²) in [6.45, 7) is 5.11. The second-order valence-electron chi connectivity index (χ2n) is 7.39. The first-order valence-corrected chi connectivity index (χ1v) is 11.9. The summed E-state index contributed by atoms with van der Waals surface area (Å²) in [4.78, 5) is 26.3. The summed E-state index contributed by atoms with van der Waals surface area (Å²) in [5, 5.41) is 3.69. The molecule has 2 aromatic rings. The van der Waals surface area contributed by atoms with Gasteiger partial charge >= 0.3 is 12.1 Å². The van der Waals surface area contributed by atoms with Crippen LogP contribution >= 0.6 is 0 Å². The van der Waals surface area contributed by atoms with Crippen molar-refractivity contribution in [3.05, 3.63) is 59.9 Å². The van der Waals surface area contributed by atoms with Crippen molar-refractivity contribution in [2.45, 2.75) is 25.6 Å².